The molecule has 1 aromatic carbocycles. The highest BCUT2D eigenvalue weighted by atomic mass is 16.7. The molecule has 6 heteroatoms. The van der Waals surface area contributed by atoms with Gasteiger partial charge in [-0.3, -0.25) is 4.79 Å². The van der Waals surface area contributed by atoms with Crippen molar-refractivity contribution < 1.29 is 19.4 Å². The third kappa shape index (κ3) is 4.69. The Bertz CT molecular complexity index is 592. The van der Waals surface area contributed by atoms with E-state index in [4.69, 9.17) is 9.84 Å². The Kier molecular flexibility index (Phi) is 5.26. The summed E-state index contributed by atoms with van der Waals surface area (Å²) in [6.45, 7) is 5.33. The lowest BCUT2D eigenvalue weighted by Crippen LogP contribution is -2.57. The summed E-state index contributed by atoms with van der Waals surface area (Å²) >= 11 is 0. The molecule has 0 atom stereocenters. The lowest BCUT2D eigenvalue weighted by Gasteiger charge is -2.39. The maximum absolute atomic E-state index is 12.4. The predicted octanol–water partition coefficient (Wildman–Crippen LogP) is 2.08. The summed E-state index contributed by atoms with van der Waals surface area (Å²) in [5, 5.41) is 11.8. The van der Waals surface area contributed by atoms with Crippen LogP contribution in [0.4, 0.5) is 4.79 Å². The highest BCUT2D eigenvalue weighted by molar-refractivity contribution is 5.80. The molecule has 1 heterocycles. The number of carboxylic acid groups (broad SMARTS) is 1. The molecule has 1 saturated heterocycles. The number of carbonyl (C=O) groups excluding carboxylic acids is 1. The lowest BCUT2D eigenvalue weighted by molar-refractivity contribution is -0.133. The standard InChI is InChI=1S/C17H24N2O4/c1-12-4-5-14(13(2)10-12)11-15(20)18-17(23-16(21)22)6-8-19(3)9-7-17/h4-5,10H,6-9,11H2,1-3H3,(H,18,20)(H,21,22). The van der Waals surface area contributed by atoms with E-state index < -0.39 is 11.9 Å². The summed E-state index contributed by atoms with van der Waals surface area (Å²) in [7, 11) is 1.96. The van der Waals surface area contributed by atoms with Gasteiger partial charge in [0.1, 0.15) is 0 Å². The highest BCUT2D eigenvalue weighted by Crippen LogP contribution is 2.24. The SMILES string of the molecule is Cc1ccc(CC(=O)NC2(OC(=O)O)CCN(C)CC2)c(C)c1. The van der Waals surface area contributed by atoms with Gasteiger partial charge in [0.2, 0.25) is 5.91 Å². The van der Waals surface area contributed by atoms with Crippen molar-refractivity contribution in [2.24, 2.45) is 0 Å². The van der Waals surface area contributed by atoms with E-state index in [9.17, 15) is 9.59 Å². The van der Waals surface area contributed by atoms with Gasteiger partial charge in [-0.05, 0) is 32.0 Å². The topological polar surface area (TPSA) is 78.9 Å². The van der Waals surface area contributed by atoms with Gasteiger partial charge in [0.25, 0.3) is 0 Å². The first-order valence-electron chi connectivity index (χ1n) is 7.77. The minimum atomic E-state index is -1.36. The van der Waals surface area contributed by atoms with Crippen LogP contribution in [0.2, 0.25) is 0 Å². The van der Waals surface area contributed by atoms with E-state index in [1.54, 1.807) is 0 Å². The van der Waals surface area contributed by atoms with Crippen LogP contribution >= 0.6 is 0 Å². The Morgan fingerprint density at radius 3 is 2.52 bits per heavy atom. The van der Waals surface area contributed by atoms with Crippen molar-refractivity contribution in [1.82, 2.24) is 10.2 Å². The van der Waals surface area contributed by atoms with Crippen LogP contribution in [0.3, 0.4) is 0 Å². The second-order valence-corrected chi connectivity index (χ2v) is 6.32. The van der Waals surface area contributed by atoms with E-state index in [1.165, 1.54) is 0 Å². The fourth-order valence-electron chi connectivity index (χ4n) is 2.91. The molecule has 1 amide bonds. The number of hydrogen-bond acceptors (Lipinski definition) is 4. The highest BCUT2D eigenvalue weighted by Gasteiger charge is 2.39. The van der Waals surface area contributed by atoms with E-state index in [0.29, 0.717) is 25.9 Å². The van der Waals surface area contributed by atoms with E-state index >= 15 is 0 Å². The maximum Gasteiger partial charge on any atom is 0.507 e. The van der Waals surface area contributed by atoms with Gasteiger partial charge in [-0.1, -0.05) is 23.8 Å². The third-order valence-corrected chi connectivity index (χ3v) is 4.29. The molecule has 1 aliphatic rings. The number of piperidine rings is 1. The zero-order valence-corrected chi connectivity index (χ0v) is 13.9. The zero-order valence-electron chi connectivity index (χ0n) is 13.9. The first-order chi connectivity index (χ1) is 10.8. The molecular formula is C17H24N2O4. The monoisotopic (exact) mass is 320 g/mol. The van der Waals surface area contributed by atoms with Crippen LogP contribution in [0.5, 0.6) is 0 Å². The summed E-state index contributed by atoms with van der Waals surface area (Å²) in [6.07, 6.45) is -0.239. The van der Waals surface area contributed by atoms with Gasteiger partial charge in [0, 0.05) is 25.9 Å². The zero-order chi connectivity index (χ0) is 17.0. The molecule has 126 valence electrons. The Morgan fingerprint density at radius 2 is 1.96 bits per heavy atom. The molecule has 2 N–H and O–H groups in total. The minimum absolute atomic E-state index is 0.215. The number of aryl methyl sites for hydroxylation is 2. The molecule has 0 spiro atoms. The number of carbonyl (C=O) groups is 2. The molecule has 1 aliphatic heterocycles. The van der Waals surface area contributed by atoms with Crippen LogP contribution in [-0.4, -0.2) is 47.9 Å². The van der Waals surface area contributed by atoms with Crippen molar-refractivity contribution >= 4 is 12.1 Å². The second-order valence-electron chi connectivity index (χ2n) is 6.32. The third-order valence-electron chi connectivity index (χ3n) is 4.29. The smallest absolute Gasteiger partial charge is 0.450 e. The maximum atomic E-state index is 12.4. The second kappa shape index (κ2) is 7.00. The number of amides is 1. The van der Waals surface area contributed by atoms with E-state index in [1.807, 2.05) is 39.1 Å². The average molecular weight is 320 g/mol. The first kappa shape index (κ1) is 17.3. The number of nitrogens with zero attached hydrogens (tertiary/aromatic N) is 1. The van der Waals surface area contributed by atoms with Crippen molar-refractivity contribution in [3.8, 4) is 0 Å². The molecule has 6 nitrogen and oxygen atoms in total. The van der Waals surface area contributed by atoms with E-state index in [-0.39, 0.29) is 12.3 Å². The molecule has 0 radical (unpaired) electrons. The summed E-state index contributed by atoms with van der Waals surface area (Å²) in [6, 6.07) is 5.93. The quantitative estimate of drug-likeness (QED) is 0.656. The van der Waals surface area contributed by atoms with Crippen LogP contribution in [0.15, 0.2) is 18.2 Å². The molecular weight excluding hydrogens is 296 g/mol. The minimum Gasteiger partial charge on any atom is -0.450 e. The van der Waals surface area contributed by atoms with E-state index in [2.05, 4.69) is 10.2 Å². The van der Waals surface area contributed by atoms with Crippen molar-refractivity contribution in [1.29, 1.82) is 0 Å². The molecule has 1 fully saturated rings. The Morgan fingerprint density at radius 1 is 1.30 bits per heavy atom. The van der Waals surface area contributed by atoms with Gasteiger partial charge in [0.05, 0.1) is 6.42 Å². The number of benzene rings is 1. The number of likely N-dealkylation sites (tertiary alicyclic amines) is 1. The molecule has 23 heavy (non-hydrogen) atoms. The lowest BCUT2D eigenvalue weighted by atomic mass is 9.98. The molecule has 1 aromatic rings. The van der Waals surface area contributed by atoms with Crippen molar-refractivity contribution in [3.63, 3.8) is 0 Å². The largest absolute Gasteiger partial charge is 0.507 e. The molecule has 0 saturated carbocycles. The first-order valence-corrected chi connectivity index (χ1v) is 7.77. The average Bonchev–Trinajstić information content (AvgIpc) is 2.44. The molecule has 0 unspecified atom stereocenters. The normalized spacial score (nSPS) is 17.5. The Hall–Kier alpha value is -2.08. The Labute approximate surface area is 136 Å². The number of rotatable bonds is 4. The van der Waals surface area contributed by atoms with Crippen molar-refractivity contribution in [2.45, 2.75) is 38.8 Å². The van der Waals surface area contributed by atoms with Crippen LogP contribution in [0, 0.1) is 13.8 Å². The van der Waals surface area contributed by atoms with Crippen molar-refractivity contribution in [2.75, 3.05) is 20.1 Å². The van der Waals surface area contributed by atoms with Gasteiger partial charge >= 0.3 is 6.16 Å². The fourth-order valence-corrected chi connectivity index (χ4v) is 2.91. The summed E-state index contributed by atoms with van der Waals surface area (Å²) in [5.41, 5.74) is 2.02. The molecule has 0 aliphatic carbocycles. The van der Waals surface area contributed by atoms with Crippen LogP contribution in [0.25, 0.3) is 0 Å². The van der Waals surface area contributed by atoms with E-state index in [0.717, 1.165) is 16.7 Å². The molecule has 0 bridgehead atoms. The van der Waals surface area contributed by atoms with Crippen LogP contribution < -0.4 is 5.32 Å². The Balaban J connectivity index is 2.06. The van der Waals surface area contributed by atoms with Crippen LogP contribution in [0.1, 0.15) is 29.5 Å². The summed E-state index contributed by atoms with van der Waals surface area (Å²) in [5.74, 6) is -0.220. The van der Waals surface area contributed by atoms with Gasteiger partial charge in [-0.2, -0.15) is 0 Å². The predicted molar refractivity (Wildman–Crippen MR) is 86.3 cm³/mol. The van der Waals surface area contributed by atoms with Gasteiger partial charge < -0.3 is 20.1 Å². The van der Waals surface area contributed by atoms with Crippen LogP contribution in [-0.2, 0) is 16.0 Å². The summed E-state index contributed by atoms with van der Waals surface area (Å²) in [4.78, 5) is 25.5. The number of nitrogens with one attached hydrogen (secondary N) is 1. The number of hydrogen-bond donors (Lipinski definition) is 2. The molecule has 2 rings (SSSR count). The molecule has 0 aromatic heterocycles. The number of ether oxygens (including phenoxy) is 1. The van der Waals surface area contributed by atoms with Gasteiger partial charge in [0.15, 0.2) is 5.72 Å². The van der Waals surface area contributed by atoms with Gasteiger partial charge in [-0.25, -0.2) is 4.79 Å². The fraction of sp³-hybridized carbons (Fsp3) is 0.529. The summed E-state index contributed by atoms with van der Waals surface area (Å²) < 4.78 is 5.04. The van der Waals surface area contributed by atoms with Gasteiger partial charge in [-0.15, -0.1) is 0 Å². The van der Waals surface area contributed by atoms with Crippen molar-refractivity contribution in [3.05, 3.63) is 34.9 Å².